The number of carbonyl (C=O) groups is 1. The molecule has 2 heterocycles. The number of esters is 1. The van der Waals surface area contributed by atoms with Crippen molar-refractivity contribution in [3.8, 4) is 11.3 Å². The molecule has 12 heteroatoms. The lowest BCUT2D eigenvalue weighted by Crippen LogP contribution is -2.53. The molecule has 4 aromatic carbocycles. The Bertz CT molecular complexity index is 1870. The third-order valence-electron chi connectivity index (χ3n) is 8.09. The summed E-state index contributed by atoms with van der Waals surface area (Å²) >= 11 is 0. The van der Waals surface area contributed by atoms with E-state index in [0.717, 1.165) is 28.8 Å². The zero-order valence-electron chi connectivity index (χ0n) is 27.0. The van der Waals surface area contributed by atoms with Crippen molar-refractivity contribution in [2.75, 3.05) is 13.7 Å². The fourth-order valence-electron chi connectivity index (χ4n) is 5.62. The van der Waals surface area contributed by atoms with Crippen LogP contribution in [-0.4, -0.2) is 53.0 Å². The van der Waals surface area contributed by atoms with Crippen molar-refractivity contribution in [3.63, 3.8) is 0 Å². The quantitative estimate of drug-likeness (QED) is 0.0764. The Morgan fingerprint density at radius 2 is 1.38 bits per heavy atom. The summed E-state index contributed by atoms with van der Waals surface area (Å²) in [5, 5.41) is 8.50. The molecule has 6 rings (SSSR count). The third kappa shape index (κ3) is 8.46. The molecule has 9 nitrogen and oxygen atoms in total. The minimum atomic E-state index is -1.59. The predicted octanol–water partition coefficient (Wildman–Crippen LogP) is 6.75. The molecule has 0 saturated carbocycles. The van der Waals surface area contributed by atoms with Gasteiger partial charge in [0, 0.05) is 5.56 Å². The molecule has 1 fully saturated rings. The molecule has 1 aliphatic heterocycles. The lowest BCUT2D eigenvalue weighted by atomic mass is 9.94. The summed E-state index contributed by atoms with van der Waals surface area (Å²) in [6.07, 6.45) is 0.00289. The molecule has 0 aliphatic carbocycles. The van der Waals surface area contributed by atoms with E-state index in [9.17, 15) is 18.0 Å². The Balaban J connectivity index is 1.41. The fourth-order valence-corrected chi connectivity index (χ4v) is 5.62. The fraction of sp³-hybridized carbons (Fsp3) is 0.237. The van der Waals surface area contributed by atoms with Crippen molar-refractivity contribution in [2.24, 2.45) is 0 Å². The van der Waals surface area contributed by atoms with E-state index >= 15 is 0 Å². The Labute approximate surface area is 286 Å². The maximum absolute atomic E-state index is 14.2. The molecule has 0 spiro atoms. The zero-order chi connectivity index (χ0) is 34.9. The predicted molar refractivity (Wildman–Crippen MR) is 175 cm³/mol. The second-order valence-electron chi connectivity index (χ2n) is 11.5. The molecule has 258 valence electrons. The number of rotatable bonds is 13. The molecular weight excluding hydrogens is 651 g/mol. The summed E-state index contributed by atoms with van der Waals surface area (Å²) in [6.45, 7) is 0.582. The van der Waals surface area contributed by atoms with Gasteiger partial charge in [0.1, 0.15) is 35.8 Å². The molecular formula is C38H34F3N3O6. The van der Waals surface area contributed by atoms with Crippen LogP contribution >= 0.6 is 0 Å². The first-order valence-corrected chi connectivity index (χ1v) is 15.8. The van der Waals surface area contributed by atoms with Crippen molar-refractivity contribution >= 4 is 5.97 Å². The highest BCUT2D eigenvalue weighted by Crippen LogP contribution is 2.38. The van der Waals surface area contributed by atoms with Gasteiger partial charge in [0.05, 0.1) is 45.8 Å². The van der Waals surface area contributed by atoms with Crippen LogP contribution in [-0.2, 0) is 48.3 Å². The second-order valence-corrected chi connectivity index (χ2v) is 11.5. The normalized spacial score (nSPS) is 19.6. The van der Waals surface area contributed by atoms with Gasteiger partial charge in [0.15, 0.2) is 17.5 Å². The molecule has 4 atom stereocenters. The number of hydrogen-bond acceptors (Lipinski definition) is 8. The monoisotopic (exact) mass is 685 g/mol. The van der Waals surface area contributed by atoms with Crippen molar-refractivity contribution < 1.29 is 41.7 Å². The average molecular weight is 686 g/mol. The van der Waals surface area contributed by atoms with Crippen LogP contribution in [0.4, 0.5) is 13.2 Å². The number of carbonyl (C=O) groups excluding carboxylic acids is 1. The van der Waals surface area contributed by atoms with Crippen LogP contribution in [0.25, 0.3) is 11.3 Å². The summed E-state index contributed by atoms with van der Waals surface area (Å²) in [5.74, 6) is -4.89. The third-order valence-corrected chi connectivity index (χ3v) is 8.09. The SMILES string of the molecule is COC(=O)/C=C1/O[C@H](COCc2ccccc2)[C@H](OCc2ccccc2)[C@H](n2cc(-c3cc(F)c(F)c(F)c3)nn2)[C@H]1OCc1ccccc1. The molecule has 0 bridgehead atoms. The maximum Gasteiger partial charge on any atom is 0.333 e. The summed E-state index contributed by atoms with van der Waals surface area (Å²) < 4.78 is 74.4. The molecule has 0 N–H and O–H groups in total. The lowest BCUT2D eigenvalue weighted by molar-refractivity contribution is -0.180. The highest BCUT2D eigenvalue weighted by molar-refractivity contribution is 5.82. The van der Waals surface area contributed by atoms with Crippen LogP contribution in [0, 0.1) is 17.5 Å². The largest absolute Gasteiger partial charge is 0.486 e. The number of methoxy groups -OCH3 is 1. The van der Waals surface area contributed by atoms with E-state index in [4.69, 9.17) is 23.7 Å². The van der Waals surface area contributed by atoms with E-state index < -0.39 is 47.8 Å². The number of hydrogen-bond donors (Lipinski definition) is 0. The van der Waals surface area contributed by atoms with Crippen molar-refractivity contribution in [1.29, 1.82) is 0 Å². The Hall–Kier alpha value is -5.30. The molecule has 1 aliphatic rings. The van der Waals surface area contributed by atoms with E-state index in [1.807, 2.05) is 91.0 Å². The first kappa shape index (κ1) is 34.6. The summed E-state index contributed by atoms with van der Waals surface area (Å²) in [4.78, 5) is 12.7. The van der Waals surface area contributed by atoms with Crippen LogP contribution in [0.15, 0.2) is 121 Å². The van der Waals surface area contributed by atoms with Crippen molar-refractivity contribution in [2.45, 2.75) is 44.2 Å². The van der Waals surface area contributed by atoms with Gasteiger partial charge in [0.2, 0.25) is 0 Å². The summed E-state index contributed by atoms with van der Waals surface area (Å²) in [6, 6.07) is 29.3. The summed E-state index contributed by atoms with van der Waals surface area (Å²) in [5.41, 5.74) is 2.69. The van der Waals surface area contributed by atoms with Crippen LogP contribution in [0.1, 0.15) is 22.7 Å². The minimum Gasteiger partial charge on any atom is -0.486 e. The van der Waals surface area contributed by atoms with Crippen LogP contribution in [0.2, 0.25) is 0 Å². The molecule has 0 radical (unpaired) electrons. The van der Waals surface area contributed by atoms with Crippen LogP contribution < -0.4 is 0 Å². The molecule has 1 saturated heterocycles. The highest BCUT2D eigenvalue weighted by atomic mass is 19.2. The number of halogens is 3. The number of aromatic nitrogens is 3. The number of benzene rings is 4. The van der Waals surface area contributed by atoms with Gasteiger partial charge in [-0.15, -0.1) is 5.10 Å². The Morgan fingerprint density at radius 1 is 0.820 bits per heavy atom. The van der Waals surface area contributed by atoms with Crippen molar-refractivity contribution in [3.05, 3.63) is 155 Å². The van der Waals surface area contributed by atoms with Gasteiger partial charge in [-0.3, -0.25) is 0 Å². The van der Waals surface area contributed by atoms with Gasteiger partial charge < -0.3 is 23.7 Å². The van der Waals surface area contributed by atoms with Gasteiger partial charge in [-0.05, 0) is 28.8 Å². The molecule has 1 aromatic heterocycles. The van der Waals surface area contributed by atoms with E-state index in [1.54, 1.807) is 0 Å². The van der Waals surface area contributed by atoms with E-state index in [2.05, 4.69) is 10.3 Å². The number of nitrogens with zero attached hydrogens (tertiary/aromatic N) is 3. The van der Waals surface area contributed by atoms with Crippen LogP contribution in [0.5, 0.6) is 0 Å². The molecule has 0 amide bonds. The highest BCUT2D eigenvalue weighted by Gasteiger charge is 2.48. The molecule has 50 heavy (non-hydrogen) atoms. The topological polar surface area (TPSA) is 93.9 Å². The van der Waals surface area contributed by atoms with E-state index in [1.165, 1.54) is 24.1 Å². The van der Waals surface area contributed by atoms with E-state index in [-0.39, 0.29) is 43.4 Å². The molecule has 0 unspecified atom stereocenters. The van der Waals surface area contributed by atoms with Crippen molar-refractivity contribution in [1.82, 2.24) is 15.0 Å². The smallest absolute Gasteiger partial charge is 0.333 e. The van der Waals surface area contributed by atoms with Crippen LogP contribution in [0.3, 0.4) is 0 Å². The first-order chi connectivity index (χ1) is 24.4. The average Bonchev–Trinajstić information content (AvgIpc) is 3.64. The number of ether oxygens (including phenoxy) is 5. The van der Waals surface area contributed by atoms with Gasteiger partial charge in [-0.2, -0.15) is 0 Å². The lowest BCUT2D eigenvalue weighted by Gasteiger charge is -2.43. The Kier molecular flexibility index (Phi) is 11.3. The first-order valence-electron chi connectivity index (χ1n) is 15.8. The van der Waals surface area contributed by atoms with Gasteiger partial charge in [-0.1, -0.05) is 96.2 Å². The Morgan fingerprint density at radius 3 is 1.96 bits per heavy atom. The van der Waals surface area contributed by atoms with Gasteiger partial charge in [-0.25, -0.2) is 22.6 Å². The zero-order valence-corrected chi connectivity index (χ0v) is 27.0. The standard InChI is InChI=1S/C38H34F3N3O6/c1-46-34(45)19-32-37(48-22-26-13-7-3-8-14-26)36(44-20-31(42-43-44)28-17-29(39)35(41)30(40)18-28)38(49-23-27-15-9-4-10-16-27)33(50-32)24-47-21-25-11-5-2-6-12-25/h2-20,33,36-38H,21-24H2,1H3/b32-19+/t33-,36-,37+,38+/m1/s1. The van der Waals surface area contributed by atoms with Gasteiger partial charge in [0.25, 0.3) is 0 Å². The van der Waals surface area contributed by atoms with E-state index in [0.29, 0.717) is 0 Å². The second kappa shape index (κ2) is 16.4. The van der Waals surface area contributed by atoms with Gasteiger partial charge >= 0.3 is 5.97 Å². The molecule has 5 aromatic rings. The maximum atomic E-state index is 14.2. The summed E-state index contributed by atoms with van der Waals surface area (Å²) in [7, 11) is 1.25. The minimum absolute atomic E-state index is 0.0312.